The van der Waals surface area contributed by atoms with E-state index in [-0.39, 0.29) is 6.10 Å². The van der Waals surface area contributed by atoms with Crippen molar-refractivity contribution in [2.24, 2.45) is 0 Å². The summed E-state index contributed by atoms with van der Waals surface area (Å²) in [6, 6.07) is 16.9. The molecule has 0 aromatic heterocycles. The number of benzene rings is 2. The summed E-state index contributed by atoms with van der Waals surface area (Å²) < 4.78 is 6.10. The molecule has 2 aromatic carbocycles. The van der Waals surface area contributed by atoms with E-state index >= 15 is 0 Å². The van der Waals surface area contributed by atoms with Gasteiger partial charge in [-0.3, -0.25) is 0 Å². The van der Waals surface area contributed by atoms with Crippen molar-refractivity contribution in [3.63, 3.8) is 0 Å². The first kappa shape index (κ1) is 10.4. The Hall–Kier alpha value is -1.76. The van der Waals surface area contributed by atoms with Crippen molar-refractivity contribution >= 4 is 0 Å². The van der Waals surface area contributed by atoms with Crippen LogP contribution in [0.4, 0.5) is 0 Å². The highest BCUT2D eigenvalue weighted by Gasteiger charge is 2.24. The molecule has 0 saturated heterocycles. The Morgan fingerprint density at radius 2 is 1.65 bits per heavy atom. The third-order valence-corrected chi connectivity index (χ3v) is 3.30. The third kappa shape index (κ3) is 1.72. The fraction of sp³-hybridized carbons (Fsp3) is 0.250. The lowest BCUT2D eigenvalue weighted by Gasteiger charge is -2.28. The van der Waals surface area contributed by atoms with Crippen molar-refractivity contribution in [1.29, 1.82) is 0 Å². The van der Waals surface area contributed by atoms with Gasteiger partial charge in [0, 0.05) is 11.1 Å². The molecule has 0 fully saturated rings. The Balaban J connectivity index is 2.15. The summed E-state index contributed by atoms with van der Waals surface area (Å²) in [4.78, 5) is 0. The number of hydrogen-bond donors (Lipinski definition) is 0. The van der Waals surface area contributed by atoms with Crippen molar-refractivity contribution in [3.8, 4) is 16.9 Å². The summed E-state index contributed by atoms with van der Waals surface area (Å²) >= 11 is 0. The summed E-state index contributed by atoms with van der Waals surface area (Å²) in [6.45, 7) is 2.20. The van der Waals surface area contributed by atoms with Crippen molar-refractivity contribution < 1.29 is 4.74 Å². The molecule has 0 aliphatic carbocycles. The second-order valence-electron chi connectivity index (χ2n) is 4.48. The highest BCUT2D eigenvalue weighted by Crippen LogP contribution is 2.43. The van der Waals surface area contributed by atoms with Gasteiger partial charge in [0.25, 0.3) is 0 Å². The van der Waals surface area contributed by atoms with Crippen LogP contribution in [0.5, 0.6) is 5.75 Å². The number of rotatable bonds is 2. The zero-order valence-electron chi connectivity index (χ0n) is 10.0. The average Bonchev–Trinajstić information content (AvgIpc) is 2.39. The van der Waals surface area contributed by atoms with E-state index < -0.39 is 0 Å². The summed E-state index contributed by atoms with van der Waals surface area (Å²) in [7, 11) is 0. The largest absolute Gasteiger partial charge is 0.485 e. The summed E-state index contributed by atoms with van der Waals surface area (Å²) in [5, 5.41) is 0. The first-order chi connectivity index (χ1) is 8.40. The molecule has 2 aromatic rings. The highest BCUT2D eigenvalue weighted by molar-refractivity contribution is 5.75. The highest BCUT2D eigenvalue weighted by atomic mass is 16.5. The maximum atomic E-state index is 6.10. The molecular formula is C16H16O. The molecule has 1 heterocycles. The van der Waals surface area contributed by atoms with Gasteiger partial charge in [0.1, 0.15) is 11.9 Å². The molecule has 1 aliphatic heterocycles. The van der Waals surface area contributed by atoms with Crippen LogP contribution in [0.1, 0.15) is 31.4 Å². The normalized spacial score (nSPS) is 16.9. The molecular weight excluding hydrogens is 208 g/mol. The predicted octanol–water partition coefficient (Wildman–Crippen LogP) is 4.59. The third-order valence-electron chi connectivity index (χ3n) is 3.30. The molecule has 1 heteroatoms. The Morgan fingerprint density at radius 3 is 2.47 bits per heavy atom. The lowest BCUT2D eigenvalue weighted by atomic mass is 9.91. The van der Waals surface area contributed by atoms with Gasteiger partial charge in [0.15, 0.2) is 0 Å². The van der Waals surface area contributed by atoms with Crippen LogP contribution in [0, 0.1) is 0 Å². The SMILES string of the molecule is CCC[C@H]1Oc2ccccc2-c2ccccc21. The monoisotopic (exact) mass is 224 g/mol. The van der Waals surface area contributed by atoms with E-state index in [1.54, 1.807) is 0 Å². The van der Waals surface area contributed by atoms with E-state index in [2.05, 4.69) is 49.4 Å². The first-order valence-electron chi connectivity index (χ1n) is 6.25. The quantitative estimate of drug-likeness (QED) is 0.725. The molecule has 0 radical (unpaired) electrons. The smallest absolute Gasteiger partial charge is 0.128 e. The standard InChI is InChI=1S/C16H16O/c1-2-7-15-13-9-4-3-8-12(13)14-10-5-6-11-16(14)17-15/h3-6,8-11,15H,2,7H2,1H3/t15-/m1/s1. The number of para-hydroxylation sites is 1. The zero-order chi connectivity index (χ0) is 11.7. The zero-order valence-corrected chi connectivity index (χ0v) is 10.0. The van der Waals surface area contributed by atoms with Crippen LogP contribution >= 0.6 is 0 Å². The van der Waals surface area contributed by atoms with Crippen LogP contribution in [0.15, 0.2) is 48.5 Å². The van der Waals surface area contributed by atoms with Gasteiger partial charge in [-0.2, -0.15) is 0 Å². The molecule has 1 atom stereocenters. The minimum atomic E-state index is 0.214. The van der Waals surface area contributed by atoms with Gasteiger partial charge in [-0.1, -0.05) is 55.8 Å². The molecule has 0 unspecified atom stereocenters. The van der Waals surface area contributed by atoms with E-state index in [4.69, 9.17) is 4.74 Å². The van der Waals surface area contributed by atoms with Gasteiger partial charge in [-0.25, -0.2) is 0 Å². The Morgan fingerprint density at radius 1 is 0.941 bits per heavy atom. The maximum Gasteiger partial charge on any atom is 0.128 e. The molecule has 1 nitrogen and oxygen atoms in total. The summed E-state index contributed by atoms with van der Waals surface area (Å²) in [5.41, 5.74) is 3.87. The van der Waals surface area contributed by atoms with Gasteiger partial charge in [0.2, 0.25) is 0 Å². The van der Waals surface area contributed by atoms with Crippen LogP contribution in [0.25, 0.3) is 11.1 Å². The Bertz CT molecular complexity index is 531. The molecule has 0 spiro atoms. The van der Waals surface area contributed by atoms with E-state index in [1.165, 1.54) is 16.7 Å². The van der Waals surface area contributed by atoms with E-state index in [9.17, 15) is 0 Å². The van der Waals surface area contributed by atoms with Gasteiger partial charge >= 0.3 is 0 Å². The van der Waals surface area contributed by atoms with Crippen LogP contribution in [-0.4, -0.2) is 0 Å². The number of fused-ring (bicyclic) bond motifs is 3. The molecule has 0 N–H and O–H groups in total. The van der Waals surface area contributed by atoms with Gasteiger partial charge in [0.05, 0.1) is 0 Å². The summed E-state index contributed by atoms with van der Waals surface area (Å²) in [6.07, 6.45) is 2.43. The first-order valence-corrected chi connectivity index (χ1v) is 6.25. The average molecular weight is 224 g/mol. The van der Waals surface area contributed by atoms with E-state index in [0.717, 1.165) is 18.6 Å². The van der Waals surface area contributed by atoms with Gasteiger partial charge in [-0.05, 0) is 18.1 Å². The van der Waals surface area contributed by atoms with Crippen molar-refractivity contribution in [2.75, 3.05) is 0 Å². The van der Waals surface area contributed by atoms with Crippen molar-refractivity contribution in [2.45, 2.75) is 25.9 Å². The van der Waals surface area contributed by atoms with E-state index in [1.807, 2.05) is 6.07 Å². The number of ether oxygens (including phenoxy) is 1. The molecule has 17 heavy (non-hydrogen) atoms. The van der Waals surface area contributed by atoms with Crippen LogP contribution in [0.2, 0.25) is 0 Å². The molecule has 3 rings (SSSR count). The fourth-order valence-corrected chi connectivity index (χ4v) is 2.51. The molecule has 86 valence electrons. The Kier molecular flexibility index (Phi) is 2.60. The molecule has 0 saturated carbocycles. The molecule has 1 aliphatic rings. The maximum absolute atomic E-state index is 6.10. The van der Waals surface area contributed by atoms with Gasteiger partial charge in [-0.15, -0.1) is 0 Å². The number of hydrogen-bond acceptors (Lipinski definition) is 1. The fourth-order valence-electron chi connectivity index (χ4n) is 2.51. The second kappa shape index (κ2) is 4.25. The van der Waals surface area contributed by atoms with Gasteiger partial charge < -0.3 is 4.74 Å². The minimum absolute atomic E-state index is 0.214. The predicted molar refractivity (Wildman–Crippen MR) is 70.2 cm³/mol. The van der Waals surface area contributed by atoms with Crippen LogP contribution in [-0.2, 0) is 0 Å². The van der Waals surface area contributed by atoms with Crippen LogP contribution < -0.4 is 4.74 Å². The molecule has 0 bridgehead atoms. The molecule has 0 amide bonds. The second-order valence-corrected chi connectivity index (χ2v) is 4.48. The van der Waals surface area contributed by atoms with Crippen LogP contribution in [0.3, 0.4) is 0 Å². The van der Waals surface area contributed by atoms with E-state index in [0.29, 0.717) is 0 Å². The topological polar surface area (TPSA) is 9.23 Å². The minimum Gasteiger partial charge on any atom is -0.485 e. The van der Waals surface area contributed by atoms with Crippen molar-refractivity contribution in [1.82, 2.24) is 0 Å². The van der Waals surface area contributed by atoms with Crippen molar-refractivity contribution in [3.05, 3.63) is 54.1 Å². The lowest BCUT2D eigenvalue weighted by molar-refractivity contribution is 0.190. The lowest BCUT2D eigenvalue weighted by Crippen LogP contribution is -2.13. The summed E-state index contributed by atoms with van der Waals surface area (Å²) in [5.74, 6) is 1.02. The Labute approximate surface area is 102 Å².